The zero-order valence-electron chi connectivity index (χ0n) is 10.9. The molecule has 0 amide bonds. The Labute approximate surface area is 91.4 Å². The predicted octanol–water partition coefficient (Wildman–Crippen LogP) is 5.38. The Bertz CT molecular complexity index is 140. The van der Waals surface area contributed by atoms with Gasteiger partial charge in [0, 0.05) is 0 Å². The molecule has 1 unspecified atom stereocenters. The van der Waals surface area contributed by atoms with Gasteiger partial charge >= 0.3 is 0 Å². The highest BCUT2D eigenvalue weighted by Gasteiger charge is 1.97. The molecule has 0 rings (SSSR count). The minimum absolute atomic E-state index is 0.594. The van der Waals surface area contributed by atoms with Gasteiger partial charge in [-0.3, -0.25) is 0 Å². The molecule has 0 saturated carbocycles. The predicted molar refractivity (Wildman–Crippen MR) is 70.6 cm³/mol. The SMILES string of the molecule is C=C/C=C\C(=C)C(C)CC.CC.CC. The van der Waals surface area contributed by atoms with Gasteiger partial charge in [-0.1, -0.05) is 78.5 Å². The molecule has 0 bridgehead atoms. The molecular weight excluding hydrogens is 168 g/mol. The van der Waals surface area contributed by atoms with Gasteiger partial charge in [-0.25, -0.2) is 0 Å². The van der Waals surface area contributed by atoms with Crippen LogP contribution in [-0.2, 0) is 0 Å². The van der Waals surface area contributed by atoms with Crippen molar-refractivity contribution in [2.75, 3.05) is 0 Å². The second-order valence-electron chi connectivity index (χ2n) is 2.48. The van der Waals surface area contributed by atoms with Crippen LogP contribution in [0.1, 0.15) is 48.0 Å². The van der Waals surface area contributed by atoms with Crippen LogP contribution in [0.5, 0.6) is 0 Å². The van der Waals surface area contributed by atoms with E-state index in [4.69, 9.17) is 0 Å². The van der Waals surface area contributed by atoms with Gasteiger partial charge in [0.05, 0.1) is 0 Å². The first-order valence-corrected chi connectivity index (χ1v) is 5.70. The summed E-state index contributed by atoms with van der Waals surface area (Å²) in [6, 6.07) is 0. The van der Waals surface area contributed by atoms with Gasteiger partial charge in [-0.05, 0) is 12.3 Å². The fourth-order valence-corrected chi connectivity index (χ4v) is 0.618. The smallest absolute Gasteiger partial charge is 0.0199 e. The molecule has 84 valence electrons. The summed E-state index contributed by atoms with van der Waals surface area (Å²) in [6.07, 6.45) is 6.86. The summed E-state index contributed by atoms with van der Waals surface area (Å²) in [7, 11) is 0. The Balaban J connectivity index is -0.000000266. The first kappa shape index (κ1) is 18.9. The lowest BCUT2D eigenvalue weighted by atomic mass is 10.00. The van der Waals surface area contributed by atoms with Gasteiger partial charge < -0.3 is 0 Å². The van der Waals surface area contributed by atoms with Crippen LogP contribution in [0.4, 0.5) is 0 Å². The van der Waals surface area contributed by atoms with Crippen LogP contribution in [0.2, 0.25) is 0 Å². The van der Waals surface area contributed by atoms with E-state index in [0.29, 0.717) is 5.92 Å². The first-order valence-electron chi connectivity index (χ1n) is 5.70. The van der Waals surface area contributed by atoms with E-state index >= 15 is 0 Å². The van der Waals surface area contributed by atoms with Crippen LogP contribution >= 0.6 is 0 Å². The van der Waals surface area contributed by atoms with Crippen LogP contribution in [0.3, 0.4) is 0 Å². The lowest BCUT2D eigenvalue weighted by Crippen LogP contribution is -1.92. The zero-order chi connectivity index (χ0) is 12.0. The quantitative estimate of drug-likeness (QED) is 0.529. The summed E-state index contributed by atoms with van der Waals surface area (Å²) in [5, 5.41) is 0. The third-order valence-electron chi connectivity index (χ3n) is 1.69. The lowest BCUT2D eigenvalue weighted by Gasteiger charge is -2.06. The van der Waals surface area contributed by atoms with Crippen molar-refractivity contribution in [1.29, 1.82) is 0 Å². The Kier molecular flexibility index (Phi) is 24.4. The minimum Gasteiger partial charge on any atom is -0.0991 e. The van der Waals surface area contributed by atoms with Crippen LogP contribution in [0.25, 0.3) is 0 Å². The minimum atomic E-state index is 0.594. The molecule has 0 nitrogen and oxygen atoms in total. The van der Waals surface area contributed by atoms with Crippen LogP contribution in [0, 0.1) is 5.92 Å². The van der Waals surface area contributed by atoms with E-state index in [9.17, 15) is 0 Å². The maximum Gasteiger partial charge on any atom is -0.0199 e. The van der Waals surface area contributed by atoms with Crippen molar-refractivity contribution >= 4 is 0 Å². The maximum absolute atomic E-state index is 3.93. The molecule has 0 radical (unpaired) electrons. The zero-order valence-corrected chi connectivity index (χ0v) is 10.9. The van der Waals surface area contributed by atoms with Crippen molar-refractivity contribution in [2.24, 2.45) is 5.92 Å². The summed E-state index contributed by atoms with van der Waals surface area (Å²) < 4.78 is 0. The molecule has 14 heavy (non-hydrogen) atoms. The van der Waals surface area contributed by atoms with Crippen molar-refractivity contribution in [3.63, 3.8) is 0 Å². The third kappa shape index (κ3) is 13.8. The van der Waals surface area contributed by atoms with Gasteiger partial charge in [0.15, 0.2) is 0 Å². The summed E-state index contributed by atoms with van der Waals surface area (Å²) >= 11 is 0. The summed E-state index contributed by atoms with van der Waals surface area (Å²) in [5.41, 5.74) is 1.18. The van der Waals surface area contributed by atoms with E-state index in [1.54, 1.807) is 6.08 Å². The highest BCUT2D eigenvalue weighted by atomic mass is 14.0. The Morgan fingerprint density at radius 1 is 1.21 bits per heavy atom. The molecule has 0 fully saturated rings. The van der Waals surface area contributed by atoms with E-state index in [1.165, 1.54) is 5.57 Å². The van der Waals surface area contributed by atoms with Crippen molar-refractivity contribution in [3.8, 4) is 0 Å². The Morgan fingerprint density at radius 3 is 1.93 bits per heavy atom. The molecule has 0 spiro atoms. The van der Waals surface area contributed by atoms with Crippen molar-refractivity contribution in [1.82, 2.24) is 0 Å². The Hall–Kier alpha value is -0.780. The van der Waals surface area contributed by atoms with Gasteiger partial charge in [0.1, 0.15) is 0 Å². The van der Waals surface area contributed by atoms with Crippen molar-refractivity contribution in [3.05, 3.63) is 37.0 Å². The average molecular weight is 196 g/mol. The molecule has 1 atom stereocenters. The maximum atomic E-state index is 3.93. The number of allylic oxidation sites excluding steroid dienone is 4. The molecule has 0 aromatic carbocycles. The summed E-state index contributed by atoms with van der Waals surface area (Å²) in [4.78, 5) is 0. The molecule has 0 aliphatic rings. The summed E-state index contributed by atoms with van der Waals surface area (Å²) in [5.74, 6) is 0.594. The molecule has 0 aromatic heterocycles. The molecule has 0 saturated heterocycles. The monoisotopic (exact) mass is 196 g/mol. The van der Waals surface area contributed by atoms with E-state index in [2.05, 4.69) is 27.0 Å². The highest BCUT2D eigenvalue weighted by molar-refractivity contribution is 5.19. The van der Waals surface area contributed by atoms with Gasteiger partial charge in [-0.15, -0.1) is 0 Å². The largest absolute Gasteiger partial charge is 0.0991 e. The highest BCUT2D eigenvalue weighted by Crippen LogP contribution is 2.12. The molecule has 0 aromatic rings. The van der Waals surface area contributed by atoms with Crippen molar-refractivity contribution in [2.45, 2.75) is 48.0 Å². The van der Waals surface area contributed by atoms with Crippen LogP contribution < -0.4 is 0 Å². The van der Waals surface area contributed by atoms with Crippen LogP contribution in [0.15, 0.2) is 37.0 Å². The van der Waals surface area contributed by atoms with E-state index in [1.807, 2.05) is 39.8 Å². The van der Waals surface area contributed by atoms with Gasteiger partial charge in [0.25, 0.3) is 0 Å². The second kappa shape index (κ2) is 18.1. The normalized spacial score (nSPS) is 10.4. The first-order chi connectivity index (χ1) is 6.72. The van der Waals surface area contributed by atoms with E-state index in [0.717, 1.165) is 6.42 Å². The van der Waals surface area contributed by atoms with E-state index < -0.39 is 0 Å². The molecule has 0 heteroatoms. The molecule has 0 heterocycles. The fourth-order valence-electron chi connectivity index (χ4n) is 0.618. The Morgan fingerprint density at radius 2 is 1.64 bits per heavy atom. The van der Waals surface area contributed by atoms with Crippen molar-refractivity contribution < 1.29 is 0 Å². The number of hydrogen-bond donors (Lipinski definition) is 0. The lowest BCUT2D eigenvalue weighted by molar-refractivity contribution is 0.673. The average Bonchev–Trinajstić information content (AvgIpc) is 2.30. The molecule has 0 aliphatic heterocycles. The number of hydrogen-bond acceptors (Lipinski definition) is 0. The molecule has 0 N–H and O–H groups in total. The van der Waals surface area contributed by atoms with Gasteiger partial charge in [0.2, 0.25) is 0 Å². The van der Waals surface area contributed by atoms with Crippen LogP contribution in [-0.4, -0.2) is 0 Å². The number of rotatable bonds is 4. The van der Waals surface area contributed by atoms with E-state index in [-0.39, 0.29) is 0 Å². The summed E-state index contributed by atoms with van der Waals surface area (Å²) in [6.45, 7) is 19.9. The standard InChI is InChI=1S/C10H16.2C2H6/c1-5-7-8-10(4)9(3)6-2;2*1-2/h5,7-9H,1,4,6H2,2-3H3;2*1-2H3/b8-7-;;. The fraction of sp³-hybridized carbons (Fsp3) is 0.571. The second-order valence-corrected chi connectivity index (χ2v) is 2.48. The molecular formula is C14H28. The van der Waals surface area contributed by atoms with Gasteiger partial charge in [-0.2, -0.15) is 0 Å². The molecule has 0 aliphatic carbocycles. The third-order valence-corrected chi connectivity index (χ3v) is 1.69. The topological polar surface area (TPSA) is 0 Å².